The largest absolute Gasteiger partial charge is 0.273 e. The van der Waals surface area contributed by atoms with Crippen molar-refractivity contribution in [3.8, 4) is 0 Å². The molecule has 0 aliphatic rings. The number of amides is 1. The highest BCUT2D eigenvalue weighted by Crippen LogP contribution is 2.05. The van der Waals surface area contributed by atoms with Crippen LogP contribution in [0.3, 0.4) is 0 Å². The average Bonchev–Trinajstić information content (AvgIpc) is 2.65. The van der Waals surface area contributed by atoms with E-state index in [1.54, 1.807) is 12.4 Å². The van der Waals surface area contributed by atoms with E-state index in [0.29, 0.717) is 6.42 Å². The van der Waals surface area contributed by atoms with Gasteiger partial charge in [0.2, 0.25) is 5.91 Å². The minimum absolute atomic E-state index is 0.0956. The number of nitrogens with zero attached hydrogens (tertiary/aromatic N) is 2. The van der Waals surface area contributed by atoms with Crippen LogP contribution < -0.4 is 5.43 Å². The molecule has 1 heterocycles. The van der Waals surface area contributed by atoms with E-state index in [9.17, 15) is 4.79 Å². The fraction of sp³-hybridized carbons (Fsp3) is 0.0909. The van der Waals surface area contributed by atoms with Crippen LogP contribution in [0, 0.1) is 0 Å². The summed E-state index contributed by atoms with van der Waals surface area (Å²) >= 11 is 3.25. The Morgan fingerprint density at radius 3 is 2.75 bits per heavy atom. The number of carbonyl (C=O) groups is 1. The number of nitrogens with one attached hydrogen (secondary N) is 1. The number of carbonyl (C=O) groups excluding carboxylic acids is 1. The molecule has 1 aromatic carbocycles. The first-order chi connectivity index (χ1) is 7.74. The highest BCUT2D eigenvalue weighted by atomic mass is 79.9. The van der Waals surface area contributed by atoms with Crippen molar-refractivity contribution in [2.24, 2.45) is 0 Å². The summed E-state index contributed by atoms with van der Waals surface area (Å²) in [5, 5.41) is 3.94. The molecule has 0 aliphatic carbocycles. The van der Waals surface area contributed by atoms with E-state index in [4.69, 9.17) is 0 Å². The van der Waals surface area contributed by atoms with Crippen LogP contribution in [0.2, 0.25) is 0 Å². The summed E-state index contributed by atoms with van der Waals surface area (Å²) in [5.41, 5.74) is 3.63. The summed E-state index contributed by atoms with van der Waals surface area (Å²) in [6, 6.07) is 9.57. The second-order valence-electron chi connectivity index (χ2n) is 3.30. The Balaban J connectivity index is 1.95. The molecule has 1 amide bonds. The Hall–Kier alpha value is -1.62. The van der Waals surface area contributed by atoms with Crippen LogP contribution >= 0.6 is 15.9 Å². The predicted octanol–water partition coefficient (Wildman–Crippen LogP) is 1.96. The second kappa shape index (κ2) is 4.94. The average molecular weight is 280 g/mol. The smallest absolute Gasteiger partial charge is 0.244 e. The lowest BCUT2D eigenvalue weighted by atomic mass is 10.1. The molecule has 0 saturated carbocycles. The Kier molecular flexibility index (Phi) is 3.36. The van der Waals surface area contributed by atoms with Gasteiger partial charge in [-0.15, -0.1) is 0 Å². The SMILES string of the molecule is O=C(Cc1ccccc1)Nn1cc(Br)cn1. The van der Waals surface area contributed by atoms with Gasteiger partial charge in [-0.05, 0) is 21.5 Å². The highest BCUT2D eigenvalue weighted by Gasteiger charge is 2.03. The van der Waals surface area contributed by atoms with Crippen molar-refractivity contribution < 1.29 is 4.79 Å². The summed E-state index contributed by atoms with van der Waals surface area (Å²) < 4.78 is 0.826. The molecule has 0 atom stereocenters. The third kappa shape index (κ3) is 2.93. The van der Waals surface area contributed by atoms with Crippen LogP contribution in [-0.2, 0) is 11.2 Å². The fourth-order valence-corrected chi connectivity index (χ4v) is 1.60. The maximum atomic E-state index is 11.6. The fourth-order valence-electron chi connectivity index (χ4n) is 1.31. The number of hydrogen-bond donors (Lipinski definition) is 1. The minimum Gasteiger partial charge on any atom is -0.273 e. The molecule has 1 N–H and O–H groups in total. The van der Waals surface area contributed by atoms with E-state index in [2.05, 4.69) is 26.5 Å². The molecule has 4 nitrogen and oxygen atoms in total. The van der Waals surface area contributed by atoms with Crippen molar-refractivity contribution in [3.05, 3.63) is 52.8 Å². The molecule has 5 heteroatoms. The van der Waals surface area contributed by atoms with E-state index in [0.717, 1.165) is 10.0 Å². The Bertz CT molecular complexity index is 481. The van der Waals surface area contributed by atoms with Gasteiger partial charge in [0, 0.05) is 0 Å². The third-order valence-corrected chi connectivity index (χ3v) is 2.41. The zero-order valence-corrected chi connectivity index (χ0v) is 10.0. The molecule has 82 valence electrons. The normalized spacial score (nSPS) is 10.1. The zero-order chi connectivity index (χ0) is 11.4. The molecule has 0 unspecified atom stereocenters. The van der Waals surface area contributed by atoms with E-state index < -0.39 is 0 Å². The first-order valence-electron chi connectivity index (χ1n) is 4.78. The van der Waals surface area contributed by atoms with Gasteiger partial charge < -0.3 is 0 Å². The molecule has 0 bridgehead atoms. The number of hydrogen-bond acceptors (Lipinski definition) is 2. The van der Waals surface area contributed by atoms with Gasteiger partial charge in [-0.3, -0.25) is 4.79 Å². The first kappa shape index (κ1) is 10.9. The summed E-state index contributed by atoms with van der Waals surface area (Å²) in [4.78, 5) is 13.0. The Morgan fingerprint density at radius 2 is 2.12 bits per heavy atom. The number of halogens is 1. The summed E-state index contributed by atoms with van der Waals surface area (Å²) in [5.74, 6) is -0.0956. The van der Waals surface area contributed by atoms with Gasteiger partial charge in [-0.1, -0.05) is 30.3 Å². The summed E-state index contributed by atoms with van der Waals surface area (Å²) in [6.07, 6.45) is 3.64. The first-order valence-corrected chi connectivity index (χ1v) is 5.57. The standard InChI is InChI=1S/C11H10BrN3O/c12-10-7-13-15(8-10)14-11(16)6-9-4-2-1-3-5-9/h1-5,7-8H,6H2,(H,14,16). The summed E-state index contributed by atoms with van der Waals surface area (Å²) in [6.45, 7) is 0. The summed E-state index contributed by atoms with van der Waals surface area (Å²) in [7, 11) is 0. The molecular formula is C11H10BrN3O. The lowest BCUT2D eigenvalue weighted by Gasteiger charge is -2.04. The molecule has 16 heavy (non-hydrogen) atoms. The topological polar surface area (TPSA) is 46.9 Å². The highest BCUT2D eigenvalue weighted by molar-refractivity contribution is 9.10. The van der Waals surface area contributed by atoms with E-state index >= 15 is 0 Å². The predicted molar refractivity (Wildman–Crippen MR) is 64.4 cm³/mol. The van der Waals surface area contributed by atoms with Gasteiger partial charge in [0.1, 0.15) is 0 Å². The van der Waals surface area contributed by atoms with Crippen LogP contribution in [-0.4, -0.2) is 15.8 Å². The Labute approximate surface area is 101 Å². The molecule has 2 rings (SSSR count). The molecule has 0 spiro atoms. The number of aromatic nitrogens is 2. The monoisotopic (exact) mass is 279 g/mol. The van der Waals surface area contributed by atoms with Crippen molar-refractivity contribution >= 4 is 21.8 Å². The van der Waals surface area contributed by atoms with Crippen LogP contribution in [0.5, 0.6) is 0 Å². The number of benzene rings is 1. The third-order valence-electron chi connectivity index (χ3n) is 2.00. The van der Waals surface area contributed by atoms with Crippen molar-refractivity contribution in [1.82, 2.24) is 9.89 Å². The van der Waals surface area contributed by atoms with Crippen LogP contribution in [0.1, 0.15) is 5.56 Å². The maximum absolute atomic E-state index is 11.6. The van der Waals surface area contributed by atoms with Crippen LogP contribution in [0.25, 0.3) is 0 Å². The van der Waals surface area contributed by atoms with Gasteiger partial charge in [0.25, 0.3) is 0 Å². The van der Waals surface area contributed by atoms with Gasteiger partial charge in [0.05, 0.1) is 23.3 Å². The van der Waals surface area contributed by atoms with E-state index in [-0.39, 0.29) is 5.91 Å². The van der Waals surface area contributed by atoms with Crippen LogP contribution in [0.4, 0.5) is 0 Å². The molecule has 0 saturated heterocycles. The van der Waals surface area contributed by atoms with Gasteiger partial charge in [-0.2, -0.15) is 9.89 Å². The van der Waals surface area contributed by atoms with E-state index in [1.165, 1.54) is 4.79 Å². The maximum Gasteiger partial charge on any atom is 0.244 e. The molecule has 0 fully saturated rings. The Morgan fingerprint density at radius 1 is 1.38 bits per heavy atom. The van der Waals surface area contributed by atoms with Crippen molar-refractivity contribution in [2.45, 2.75) is 6.42 Å². The lowest BCUT2D eigenvalue weighted by molar-refractivity contribution is -0.116. The van der Waals surface area contributed by atoms with Crippen molar-refractivity contribution in [1.29, 1.82) is 0 Å². The second-order valence-corrected chi connectivity index (χ2v) is 4.22. The molecule has 1 aromatic heterocycles. The van der Waals surface area contributed by atoms with Crippen LogP contribution in [0.15, 0.2) is 47.2 Å². The van der Waals surface area contributed by atoms with Crippen molar-refractivity contribution in [3.63, 3.8) is 0 Å². The van der Waals surface area contributed by atoms with Gasteiger partial charge in [0.15, 0.2) is 0 Å². The zero-order valence-electron chi connectivity index (χ0n) is 8.43. The van der Waals surface area contributed by atoms with E-state index in [1.807, 2.05) is 30.3 Å². The lowest BCUT2D eigenvalue weighted by Crippen LogP contribution is -2.24. The molecule has 0 aliphatic heterocycles. The van der Waals surface area contributed by atoms with Gasteiger partial charge in [-0.25, -0.2) is 5.43 Å². The molecule has 0 radical (unpaired) electrons. The molecule has 2 aromatic rings. The number of rotatable bonds is 3. The quantitative estimate of drug-likeness (QED) is 0.934. The minimum atomic E-state index is -0.0956. The van der Waals surface area contributed by atoms with Gasteiger partial charge >= 0.3 is 0 Å². The molecular weight excluding hydrogens is 270 g/mol. The van der Waals surface area contributed by atoms with Crippen molar-refractivity contribution in [2.75, 3.05) is 5.43 Å².